The normalized spacial score (nSPS) is 14.5. The van der Waals surface area contributed by atoms with Crippen molar-refractivity contribution in [2.45, 2.75) is 6.92 Å². The Morgan fingerprint density at radius 1 is 1.18 bits per heavy atom. The van der Waals surface area contributed by atoms with Crippen molar-refractivity contribution in [1.82, 2.24) is 4.98 Å². The third-order valence-electron chi connectivity index (χ3n) is 4.59. The number of nitro groups is 1. The van der Waals surface area contributed by atoms with Crippen LogP contribution >= 0.6 is 35.6 Å². The summed E-state index contributed by atoms with van der Waals surface area (Å²) in [6.45, 7) is 2.21. The van der Waals surface area contributed by atoms with E-state index in [1.165, 1.54) is 28.8 Å². The number of pyridine rings is 1. The van der Waals surface area contributed by atoms with Crippen LogP contribution in [0.5, 0.6) is 17.4 Å². The number of hydrogen-bond acceptors (Lipinski definition) is 8. The highest BCUT2D eigenvalue weighted by Gasteiger charge is 2.33. The Hall–Kier alpha value is -3.47. The van der Waals surface area contributed by atoms with E-state index in [-0.39, 0.29) is 17.5 Å². The van der Waals surface area contributed by atoms with Gasteiger partial charge in [0.1, 0.15) is 6.20 Å². The van der Waals surface area contributed by atoms with E-state index in [9.17, 15) is 14.9 Å². The van der Waals surface area contributed by atoms with E-state index in [0.29, 0.717) is 43.6 Å². The zero-order chi connectivity index (χ0) is 24.2. The van der Waals surface area contributed by atoms with Gasteiger partial charge >= 0.3 is 0 Å². The molecule has 8 nitrogen and oxygen atoms in total. The molecule has 0 atom stereocenters. The Morgan fingerprint density at radius 3 is 2.59 bits per heavy atom. The number of hydrogen-bond donors (Lipinski definition) is 0. The topological polar surface area (TPSA) is 94.8 Å². The number of amides is 1. The number of aromatic nitrogens is 1. The molecule has 1 aromatic heterocycles. The van der Waals surface area contributed by atoms with Crippen LogP contribution in [0, 0.1) is 10.1 Å². The Kier molecular flexibility index (Phi) is 7.11. The number of rotatable bonds is 7. The van der Waals surface area contributed by atoms with Crippen molar-refractivity contribution in [2.24, 2.45) is 0 Å². The lowest BCUT2D eigenvalue weighted by Gasteiger charge is -2.14. The molecule has 1 aliphatic rings. The van der Waals surface area contributed by atoms with Gasteiger partial charge in [0.2, 0.25) is 5.88 Å². The van der Waals surface area contributed by atoms with E-state index in [1.807, 2.05) is 6.92 Å². The van der Waals surface area contributed by atoms with E-state index in [4.69, 9.17) is 33.3 Å². The fourth-order valence-corrected chi connectivity index (χ4v) is 4.48. The van der Waals surface area contributed by atoms with Gasteiger partial charge in [-0.05, 0) is 55.0 Å². The second kappa shape index (κ2) is 10.2. The maximum absolute atomic E-state index is 13.0. The third-order valence-corrected chi connectivity index (χ3v) is 6.14. The highest BCUT2D eigenvalue weighted by molar-refractivity contribution is 8.27. The van der Waals surface area contributed by atoms with Crippen LogP contribution in [-0.4, -0.2) is 26.7 Å². The summed E-state index contributed by atoms with van der Waals surface area (Å²) in [5.41, 5.74) is 1.22. The summed E-state index contributed by atoms with van der Waals surface area (Å²) in [5.74, 6) is 0.771. The smallest absolute Gasteiger partial charge is 0.287 e. The molecule has 3 aromatic rings. The quantitative estimate of drug-likeness (QED) is 0.158. The molecule has 4 rings (SSSR count). The SMILES string of the molecule is CCOc1cc(/C=C2/SC(=S)N(c3ccc(Cl)cc3)C2=O)ccc1Oc1ccc([N+](=O)[O-])cn1. The number of anilines is 1. The van der Waals surface area contributed by atoms with Crippen LogP contribution in [-0.2, 0) is 4.79 Å². The molecular formula is C23H16ClN3O5S2. The Balaban J connectivity index is 1.58. The highest BCUT2D eigenvalue weighted by Crippen LogP contribution is 2.38. The molecule has 1 aliphatic heterocycles. The fourth-order valence-electron chi connectivity index (χ4n) is 3.05. The summed E-state index contributed by atoms with van der Waals surface area (Å²) in [7, 11) is 0. The van der Waals surface area contributed by atoms with Gasteiger partial charge in [0.15, 0.2) is 15.8 Å². The van der Waals surface area contributed by atoms with E-state index < -0.39 is 4.92 Å². The lowest BCUT2D eigenvalue weighted by molar-refractivity contribution is -0.385. The highest BCUT2D eigenvalue weighted by atomic mass is 35.5. The number of thioether (sulfide) groups is 1. The number of benzene rings is 2. The van der Waals surface area contributed by atoms with Crippen LogP contribution in [0.2, 0.25) is 5.02 Å². The molecule has 1 saturated heterocycles. The standard InChI is InChI=1S/C23H16ClN3O5S2/c1-2-31-19-11-14(3-9-18(19)32-21-10-8-17(13-25-21)27(29)30)12-20-22(28)26(23(33)34-20)16-6-4-15(24)5-7-16/h3-13H,2H2,1H3/b20-12+. The number of nitrogens with zero attached hydrogens (tertiary/aromatic N) is 3. The van der Waals surface area contributed by atoms with E-state index in [2.05, 4.69) is 4.98 Å². The molecule has 0 bridgehead atoms. The minimum absolute atomic E-state index is 0.136. The second-order valence-corrected chi connectivity index (χ2v) is 8.96. The molecule has 1 amide bonds. The first-order valence-electron chi connectivity index (χ1n) is 9.94. The number of ether oxygens (including phenoxy) is 2. The van der Waals surface area contributed by atoms with Crippen LogP contribution in [0.25, 0.3) is 6.08 Å². The minimum Gasteiger partial charge on any atom is -0.490 e. The van der Waals surface area contributed by atoms with Crippen LogP contribution in [0.1, 0.15) is 12.5 Å². The Morgan fingerprint density at radius 2 is 1.94 bits per heavy atom. The molecule has 2 heterocycles. The molecule has 0 aliphatic carbocycles. The van der Waals surface area contributed by atoms with Crippen molar-refractivity contribution >= 4 is 63.3 Å². The lowest BCUT2D eigenvalue weighted by atomic mass is 10.1. The monoisotopic (exact) mass is 513 g/mol. The first kappa shape index (κ1) is 23.7. The molecule has 0 saturated carbocycles. The molecule has 11 heteroatoms. The van der Waals surface area contributed by atoms with Gasteiger partial charge < -0.3 is 9.47 Å². The molecule has 0 unspecified atom stereocenters. The zero-order valence-electron chi connectivity index (χ0n) is 17.6. The summed E-state index contributed by atoms with van der Waals surface area (Å²) in [5, 5.41) is 11.4. The largest absolute Gasteiger partial charge is 0.490 e. The molecular weight excluding hydrogens is 498 g/mol. The van der Waals surface area contributed by atoms with Gasteiger partial charge in [-0.2, -0.15) is 0 Å². The maximum atomic E-state index is 13.0. The van der Waals surface area contributed by atoms with Crippen molar-refractivity contribution in [3.63, 3.8) is 0 Å². The molecule has 172 valence electrons. The molecule has 0 radical (unpaired) electrons. The van der Waals surface area contributed by atoms with E-state index in [1.54, 1.807) is 48.5 Å². The number of carbonyl (C=O) groups is 1. The van der Waals surface area contributed by atoms with Gasteiger partial charge in [0.05, 0.1) is 22.1 Å². The van der Waals surface area contributed by atoms with Crippen LogP contribution in [0.15, 0.2) is 65.7 Å². The van der Waals surface area contributed by atoms with E-state index in [0.717, 1.165) is 6.20 Å². The maximum Gasteiger partial charge on any atom is 0.287 e. The molecule has 0 N–H and O–H groups in total. The number of thiocarbonyl (C=S) groups is 1. The summed E-state index contributed by atoms with van der Waals surface area (Å²) >= 11 is 12.6. The minimum atomic E-state index is -0.535. The summed E-state index contributed by atoms with van der Waals surface area (Å²) in [4.78, 5) is 29.2. The van der Waals surface area contributed by atoms with E-state index >= 15 is 0 Å². The van der Waals surface area contributed by atoms with Crippen molar-refractivity contribution < 1.29 is 19.2 Å². The average molecular weight is 514 g/mol. The van der Waals surface area contributed by atoms with Crippen molar-refractivity contribution in [3.8, 4) is 17.4 Å². The second-order valence-electron chi connectivity index (χ2n) is 6.85. The van der Waals surface area contributed by atoms with Gasteiger partial charge in [-0.15, -0.1) is 0 Å². The Bertz CT molecular complexity index is 1300. The van der Waals surface area contributed by atoms with Crippen molar-refractivity contribution in [3.05, 3.63) is 86.4 Å². The van der Waals surface area contributed by atoms with Gasteiger partial charge in [0, 0.05) is 17.2 Å². The van der Waals surface area contributed by atoms with Crippen LogP contribution in [0.4, 0.5) is 11.4 Å². The Labute approximate surface area is 209 Å². The summed E-state index contributed by atoms with van der Waals surface area (Å²) < 4.78 is 11.9. The van der Waals surface area contributed by atoms with Gasteiger partial charge in [-0.3, -0.25) is 19.8 Å². The average Bonchev–Trinajstić information content (AvgIpc) is 3.09. The molecule has 0 spiro atoms. The van der Waals surface area contributed by atoms with Crippen LogP contribution < -0.4 is 14.4 Å². The first-order chi connectivity index (χ1) is 16.4. The predicted molar refractivity (Wildman–Crippen MR) is 136 cm³/mol. The van der Waals surface area contributed by atoms with Gasteiger partial charge in [0.25, 0.3) is 11.6 Å². The number of carbonyl (C=O) groups excluding carboxylic acids is 1. The predicted octanol–water partition coefficient (Wildman–Crippen LogP) is 6.24. The van der Waals surface area contributed by atoms with Gasteiger partial charge in [-0.1, -0.05) is 41.6 Å². The van der Waals surface area contributed by atoms with Crippen molar-refractivity contribution in [1.29, 1.82) is 0 Å². The number of halogens is 1. The molecule has 1 fully saturated rings. The lowest BCUT2D eigenvalue weighted by Crippen LogP contribution is -2.27. The fraction of sp³-hybridized carbons (Fsp3) is 0.0870. The van der Waals surface area contributed by atoms with Crippen molar-refractivity contribution in [2.75, 3.05) is 11.5 Å². The van der Waals surface area contributed by atoms with Gasteiger partial charge in [-0.25, -0.2) is 4.98 Å². The first-order valence-corrected chi connectivity index (χ1v) is 11.5. The molecule has 2 aromatic carbocycles. The van der Waals surface area contributed by atoms with Crippen LogP contribution in [0.3, 0.4) is 0 Å². The zero-order valence-corrected chi connectivity index (χ0v) is 20.0. The third kappa shape index (κ3) is 5.19. The summed E-state index contributed by atoms with van der Waals surface area (Å²) in [6.07, 6.45) is 2.85. The molecule has 34 heavy (non-hydrogen) atoms. The summed E-state index contributed by atoms with van der Waals surface area (Å²) in [6, 6.07) is 14.8.